The van der Waals surface area contributed by atoms with Gasteiger partial charge in [-0.15, -0.1) is 13.2 Å². The van der Waals surface area contributed by atoms with E-state index in [9.17, 15) is 33.6 Å². The summed E-state index contributed by atoms with van der Waals surface area (Å²) in [6.07, 6.45) is -9.43. The van der Waals surface area contributed by atoms with Gasteiger partial charge in [-0.2, -0.15) is 0 Å². The molecule has 0 amide bonds. The smallest absolute Gasteiger partial charge is 0.406 e. The number of alkyl halides is 3. The maximum atomic E-state index is 12.3. The van der Waals surface area contributed by atoms with Crippen molar-refractivity contribution in [3.63, 3.8) is 0 Å². The molecule has 2 saturated heterocycles. The first-order valence-electron chi connectivity index (χ1n) is 9.62. The van der Waals surface area contributed by atoms with Crippen LogP contribution in [0.25, 0.3) is 0 Å². The Morgan fingerprint density at radius 3 is 2.38 bits per heavy atom. The molecule has 4 rings (SSSR count). The molecule has 174 valence electrons. The van der Waals surface area contributed by atoms with Crippen LogP contribution in [0.4, 0.5) is 13.2 Å². The molecular formula is C21H20ClF3O7. The van der Waals surface area contributed by atoms with Gasteiger partial charge in [0.05, 0.1) is 13.2 Å². The van der Waals surface area contributed by atoms with Gasteiger partial charge in [-0.25, -0.2) is 0 Å². The second-order valence-electron chi connectivity index (χ2n) is 7.84. The van der Waals surface area contributed by atoms with Gasteiger partial charge in [0.25, 0.3) is 0 Å². The van der Waals surface area contributed by atoms with Crippen molar-refractivity contribution in [1.29, 1.82) is 0 Å². The van der Waals surface area contributed by atoms with Gasteiger partial charge in [0, 0.05) is 10.6 Å². The van der Waals surface area contributed by atoms with Crippen LogP contribution in [0.1, 0.15) is 16.7 Å². The van der Waals surface area contributed by atoms with Crippen molar-refractivity contribution in [2.24, 2.45) is 0 Å². The summed E-state index contributed by atoms with van der Waals surface area (Å²) in [5.74, 6) is -2.20. The summed E-state index contributed by atoms with van der Waals surface area (Å²) in [5, 5.41) is 41.3. The largest absolute Gasteiger partial charge is 0.573 e. The molecule has 0 unspecified atom stereocenters. The van der Waals surface area contributed by atoms with Crippen LogP contribution in [0.2, 0.25) is 5.02 Å². The Hall–Kier alpha value is -1.92. The molecule has 2 fully saturated rings. The molecule has 0 aliphatic carbocycles. The molecule has 2 aromatic rings. The Labute approximate surface area is 185 Å². The van der Waals surface area contributed by atoms with E-state index in [1.807, 2.05) is 0 Å². The zero-order valence-corrected chi connectivity index (χ0v) is 17.2. The van der Waals surface area contributed by atoms with Crippen LogP contribution in [-0.2, 0) is 21.7 Å². The number of aliphatic hydroxyl groups excluding tert-OH is 4. The third kappa shape index (κ3) is 3.96. The minimum Gasteiger partial charge on any atom is -0.406 e. The fourth-order valence-electron chi connectivity index (χ4n) is 4.03. The van der Waals surface area contributed by atoms with Crippen LogP contribution in [0, 0.1) is 0 Å². The first-order valence-corrected chi connectivity index (χ1v) is 10.0. The third-order valence-corrected chi connectivity index (χ3v) is 6.10. The predicted molar refractivity (Wildman–Crippen MR) is 104 cm³/mol. The minimum atomic E-state index is -4.79. The van der Waals surface area contributed by atoms with E-state index in [-0.39, 0.29) is 18.8 Å². The molecule has 2 heterocycles. The number of ether oxygens (including phenoxy) is 3. The van der Waals surface area contributed by atoms with E-state index in [4.69, 9.17) is 21.1 Å². The SMILES string of the molecule is OC[C@@]12CO[C@@](c3ccc(Cl)c(Cc4ccc(OC(F)(F)F)cc4)c3)(O1)[C@H](O)[C@@H](O)[C@@H]2O. The zero-order valence-electron chi connectivity index (χ0n) is 16.4. The fourth-order valence-corrected chi connectivity index (χ4v) is 4.22. The first kappa shape index (κ1) is 23.2. The Balaban J connectivity index is 1.62. The summed E-state index contributed by atoms with van der Waals surface area (Å²) in [4.78, 5) is 0. The van der Waals surface area contributed by atoms with E-state index in [1.165, 1.54) is 36.4 Å². The molecule has 0 radical (unpaired) electrons. The lowest BCUT2D eigenvalue weighted by atomic mass is 9.83. The van der Waals surface area contributed by atoms with Gasteiger partial charge in [0.1, 0.15) is 29.7 Å². The molecule has 2 bridgehead atoms. The van der Waals surface area contributed by atoms with Crippen molar-refractivity contribution in [2.75, 3.05) is 13.2 Å². The van der Waals surface area contributed by atoms with Gasteiger partial charge in [-0.3, -0.25) is 0 Å². The predicted octanol–water partition coefficient (Wildman–Crippen LogP) is 1.86. The zero-order chi connectivity index (χ0) is 23.3. The average Bonchev–Trinajstić information content (AvgIpc) is 3.13. The number of hydrogen-bond acceptors (Lipinski definition) is 7. The topological polar surface area (TPSA) is 109 Å². The van der Waals surface area contributed by atoms with E-state index < -0.39 is 42.7 Å². The van der Waals surface area contributed by atoms with Crippen LogP contribution >= 0.6 is 11.6 Å². The third-order valence-electron chi connectivity index (χ3n) is 5.73. The number of aliphatic hydroxyl groups is 4. The molecule has 2 aromatic carbocycles. The summed E-state index contributed by atoms with van der Waals surface area (Å²) in [7, 11) is 0. The molecule has 2 aliphatic rings. The average molecular weight is 477 g/mol. The normalized spacial score (nSPS) is 32.2. The molecular weight excluding hydrogens is 457 g/mol. The molecule has 5 atom stereocenters. The Morgan fingerprint density at radius 1 is 1.06 bits per heavy atom. The quantitative estimate of drug-likeness (QED) is 0.521. The molecule has 32 heavy (non-hydrogen) atoms. The Kier molecular flexibility index (Phi) is 5.91. The summed E-state index contributed by atoms with van der Waals surface area (Å²) in [6, 6.07) is 9.89. The van der Waals surface area contributed by atoms with E-state index in [2.05, 4.69) is 4.74 Å². The molecule has 2 aliphatic heterocycles. The van der Waals surface area contributed by atoms with Crippen molar-refractivity contribution in [3.05, 3.63) is 64.2 Å². The maximum absolute atomic E-state index is 12.3. The molecule has 7 nitrogen and oxygen atoms in total. The number of hydrogen-bond donors (Lipinski definition) is 4. The van der Waals surface area contributed by atoms with E-state index in [0.29, 0.717) is 21.7 Å². The molecule has 11 heteroatoms. The lowest BCUT2D eigenvalue weighted by Crippen LogP contribution is -2.65. The van der Waals surface area contributed by atoms with Crippen molar-refractivity contribution >= 4 is 11.6 Å². The van der Waals surface area contributed by atoms with E-state index in [0.717, 1.165) is 0 Å². The second-order valence-corrected chi connectivity index (χ2v) is 8.24. The van der Waals surface area contributed by atoms with Crippen LogP contribution < -0.4 is 4.74 Å². The van der Waals surface area contributed by atoms with Gasteiger partial charge < -0.3 is 34.6 Å². The standard InChI is InChI=1S/C21H20ClF3O7/c22-15-6-3-13(20-18(29)16(27)17(28)19(9-26,32-20)10-30-20)8-12(15)7-11-1-4-14(5-2-11)31-21(23,24)25/h1-6,8,16-18,26-29H,7,9-10H2/t16-,17-,18+,19-,20-/m0/s1. The van der Waals surface area contributed by atoms with E-state index >= 15 is 0 Å². The monoisotopic (exact) mass is 476 g/mol. The first-order chi connectivity index (χ1) is 15.0. The summed E-state index contributed by atoms with van der Waals surface area (Å²) >= 11 is 6.30. The molecule has 0 aromatic heterocycles. The van der Waals surface area contributed by atoms with Gasteiger partial charge in [0.2, 0.25) is 5.79 Å². The van der Waals surface area contributed by atoms with Crippen molar-refractivity contribution in [3.8, 4) is 5.75 Å². The Morgan fingerprint density at radius 2 is 1.75 bits per heavy atom. The fraction of sp³-hybridized carbons (Fsp3) is 0.429. The van der Waals surface area contributed by atoms with Gasteiger partial charge >= 0.3 is 6.36 Å². The summed E-state index contributed by atoms with van der Waals surface area (Å²) in [6.45, 7) is -0.913. The highest BCUT2D eigenvalue weighted by molar-refractivity contribution is 6.31. The van der Waals surface area contributed by atoms with Gasteiger partial charge in [-0.1, -0.05) is 29.8 Å². The second kappa shape index (κ2) is 8.14. The van der Waals surface area contributed by atoms with Crippen LogP contribution in [0.5, 0.6) is 5.75 Å². The van der Waals surface area contributed by atoms with Crippen LogP contribution in [0.3, 0.4) is 0 Å². The van der Waals surface area contributed by atoms with Crippen molar-refractivity contribution < 1.29 is 47.8 Å². The summed E-state index contributed by atoms with van der Waals surface area (Å²) in [5.41, 5.74) is -0.131. The van der Waals surface area contributed by atoms with Crippen molar-refractivity contribution in [2.45, 2.75) is 42.5 Å². The molecule has 0 spiro atoms. The maximum Gasteiger partial charge on any atom is 0.573 e. The highest BCUT2D eigenvalue weighted by atomic mass is 35.5. The highest BCUT2D eigenvalue weighted by Crippen LogP contribution is 2.49. The van der Waals surface area contributed by atoms with Gasteiger partial charge in [0.15, 0.2) is 0 Å². The van der Waals surface area contributed by atoms with Crippen LogP contribution in [-0.4, -0.2) is 63.9 Å². The van der Waals surface area contributed by atoms with Gasteiger partial charge in [-0.05, 0) is 41.8 Å². The van der Waals surface area contributed by atoms with Crippen LogP contribution in [0.15, 0.2) is 42.5 Å². The number of benzene rings is 2. The number of rotatable bonds is 5. The molecule has 4 N–H and O–H groups in total. The van der Waals surface area contributed by atoms with E-state index in [1.54, 1.807) is 6.07 Å². The highest BCUT2D eigenvalue weighted by Gasteiger charge is 2.67. The minimum absolute atomic E-state index is 0.224. The lowest BCUT2D eigenvalue weighted by molar-refractivity contribution is -0.329. The molecule has 0 saturated carbocycles. The number of fused-ring (bicyclic) bond motifs is 2. The lowest BCUT2D eigenvalue weighted by Gasteiger charge is -2.46. The Bertz CT molecular complexity index is 986. The van der Waals surface area contributed by atoms with Crippen molar-refractivity contribution in [1.82, 2.24) is 0 Å². The summed E-state index contributed by atoms with van der Waals surface area (Å²) < 4.78 is 52.4. The number of halogens is 4.